The highest BCUT2D eigenvalue weighted by atomic mass is 16.6. The average Bonchev–Trinajstić information content (AvgIpc) is 3.17. The second-order valence-electron chi connectivity index (χ2n) is 18.4. The van der Waals surface area contributed by atoms with Crippen molar-refractivity contribution in [3.8, 4) is 0 Å². The number of fused-ring (bicyclic) bond motifs is 5. The van der Waals surface area contributed by atoms with Gasteiger partial charge in [-0.3, -0.25) is 14.4 Å². The third-order valence-electron chi connectivity index (χ3n) is 13.3. The fourth-order valence-corrected chi connectivity index (χ4v) is 10.2. The molecular weight excluding hydrogens is 792 g/mol. The molecule has 0 aromatic heterocycles. The summed E-state index contributed by atoms with van der Waals surface area (Å²) in [6, 6.07) is 13.4. The third kappa shape index (κ3) is 7.61. The third-order valence-corrected chi connectivity index (χ3v) is 13.3. The first-order chi connectivity index (χ1) is 28.3. The summed E-state index contributed by atoms with van der Waals surface area (Å²) < 4.78 is 23.9. The maximum Gasteiger partial charge on any atom is 0.408 e. The Hall–Kier alpha value is -5.16. The van der Waals surface area contributed by atoms with Crippen molar-refractivity contribution in [2.75, 3.05) is 6.54 Å². The first kappa shape index (κ1) is 45.4. The van der Waals surface area contributed by atoms with E-state index in [0.29, 0.717) is 5.56 Å². The molecule has 2 saturated carbocycles. The number of carbonyl (C=O) groups excluding carboxylic acids is 6. The number of ether oxygens (including phenoxy) is 4. The topological polar surface area (TPSA) is 236 Å². The molecule has 6 rings (SSSR count). The first-order valence-corrected chi connectivity index (χ1v) is 20.3. The lowest BCUT2D eigenvalue weighted by molar-refractivity contribution is -0.304. The predicted molar refractivity (Wildman–Crippen MR) is 215 cm³/mol. The fraction of sp³-hybridized carbons (Fsp3) is 0.556. The van der Waals surface area contributed by atoms with Crippen molar-refractivity contribution >= 4 is 35.7 Å². The van der Waals surface area contributed by atoms with Crippen LogP contribution in [0.5, 0.6) is 0 Å². The molecule has 1 heterocycles. The highest BCUT2D eigenvalue weighted by molar-refractivity contribution is 5.94. The smallest absolute Gasteiger partial charge is 0.408 e. The van der Waals surface area contributed by atoms with Crippen molar-refractivity contribution in [3.05, 3.63) is 82.9 Å². The Kier molecular flexibility index (Phi) is 11.9. The number of benzene rings is 2. The van der Waals surface area contributed by atoms with Gasteiger partial charge in [0.25, 0.3) is 0 Å². The number of hydrogen-bond acceptors (Lipinski definition) is 14. The van der Waals surface area contributed by atoms with E-state index in [1.807, 2.05) is 0 Å². The molecule has 5 N–H and O–H groups in total. The van der Waals surface area contributed by atoms with Crippen LogP contribution in [0.25, 0.3) is 0 Å². The van der Waals surface area contributed by atoms with Gasteiger partial charge in [-0.1, -0.05) is 62.4 Å². The Morgan fingerprint density at radius 1 is 0.918 bits per heavy atom. The number of alkyl carbamates (subject to hydrolysis) is 1. The Morgan fingerprint density at radius 2 is 1.51 bits per heavy atom. The van der Waals surface area contributed by atoms with Crippen LogP contribution in [0.15, 0.2) is 71.8 Å². The normalized spacial score (nSPS) is 32.6. The van der Waals surface area contributed by atoms with E-state index in [2.05, 4.69) is 5.32 Å². The van der Waals surface area contributed by atoms with Crippen LogP contribution in [0.1, 0.15) is 97.1 Å². The minimum atomic E-state index is -2.42. The lowest BCUT2D eigenvalue weighted by Crippen LogP contribution is -2.86. The molecule has 1 aliphatic heterocycles. The first-order valence-electron chi connectivity index (χ1n) is 20.3. The molecule has 2 amide bonds. The highest BCUT2D eigenvalue weighted by Crippen LogP contribution is 2.64. The van der Waals surface area contributed by atoms with Crippen molar-refractivity contribution in [2.45, 2.75) is 135 Å². The number of amides is 2. The fourth-order valence-electron chi connectivity index (χ4n) is 10.2. The molecule has 3 fully saturated rings. The summed E-state index contributed by atoms with van der Waals surface area (Å²) in [7, 11) is 0. The molecule has 3 aliphatic carbocycles. The monoisotopic (exact) mass is 848 g/mol. The Labute approximate surface area is 354 Å². The van der Waals surface area contributed by atoms with Gasteiger partial charge in [0, 0.05) is 25.7 Å². The summed E-state index contributed by atoms with van der Waals surface area (Å²) >= 11 is 0. The maximum absolute atomic E-state index is 15.1. The van der Waals surface area contributed by atoms with E-state index in [1.54, 1.807) is 69.3 Å². The van der Waals surface area contributed by atoms with Gasteiger partial charge < -0.3 is 49.6 Å². The number of likely N-dealkylation sites (tertiary alicyclic amines) is 1. The largest absolute Gasteiger partial charge is 0.456 e. The quantitative estimate of drug-likeness (QED) is 0.146. The molecule has 0 unspecified atom stereocenters. The predicted octanol–water partition coefficient (Wildman–Crippen LogP) is 3.09. The second-order valence-corrected chi connectivity index (χ2v) is 18.4. The van der Waals surface area contributed by atoms with Gasteiger partial charge in [0.2, 0.25) is 5.91 Å². The van der Waals surface area contributed by atoms with Crippen LogP contribution in [0.3, 0.4) is 0 Å². The van der Waals surface area contributed by atoms with Gasteiger partial charge in [0.15, 0.2) is 17.5 Å². The van der Waals surface area contributed by atoms with Crippen LogP contribution in [-0.2, 0) is 38.1 Å². The van der Waals surface area contributed by atoms with Crippen LogP contribution in [0.4, 0.5) is 4.79 Å². The zero-order chi connectivity index (χ0) is 45.2. The molecule has 2 aromatic carbocycles. The molecule has 2 bridgehead atoms. The van der Waals surface area contributed by atoms with Gasteiger partial charge in [-0.05, 0) is 69.9 Å². The number of rotatable bonds is 8. The van der Waals surface area contributed by atoms with E-state index in [0.717, 1.165) is 6.92 Å². The summed E-state index contributed by atoms with van der Waals surface area (Å²) in [4.78, 5) is 83.9. The van der Waals surface area contributed by atoms with Crippen molar-refractivity contribution in [2.24, 2.45) is 16.7 Å². The maximum atomic E-state index is 15.1. The van der Waals surface area contributed by atoms with Crippen LogP contribution >= 0.6 is 0 Å². The molecule has 61 heavy (non-hydrogen) atoms. The molecule has 2 aromatic rings. The van der Waals surface area contributed by atoms with E-state index in [4.69, 9.17) is 18.9 Å². The summed E-state index contributed by atoms with van der Waals surface area (Å²) in [5.41, 5.74) is -8.59. The van der Waals surface area contributed by atoms with Crippen LogP contribution < -0.4 is 5.32 Å². The van der Waals surface area contributed by atoms with Crippen LogP contribution in [0, 0.1) is 16.7 Å². The minimum absolute atomic E-state index is 0.0470. The van der Waals surface area contributed by atoms with Gasteiger partial charge >= 0.3 is 24.0 Å². The number of carbonyl (C=O) groups is 6. The lowest BCUT2D eigenvalue weighted by Gasteiger charge is -2.70. The van der Waals surface area contributed by atoms with Gasteiger partial charge in [-0.15, -0.1) is 0 Å². The summed E-state index contributed by atoms with van der Waals surface area (Å²) in [6.07, 6.45) is -10.9. The molecule has 330 valence electrons. The van der Waals surface area contributed by atoms with Gasteiger partial charge in [0.1, 0.15) is 29.5 Å². The van der Waals surface area contributed by atoms with Crippen molar-refractivity contribution in [1.29, 1.82) is 0 Å². The molecule has 16 heteroatoms. The standard InChI is InChI=1S/C45H56N2O14/c1-23-28(58-39(55)34(52)32(26-16-12-10-13-17-26)46-40(56)61-41(4,5)6)21-45(57)37(59-38(54)27-18-14-11-15-19-27)35-43(9,36(53)33(51)31(23)42(45,7)8)30(50)20-29-44(35,60-25(3)49)22-47(29)24(2)48/h10-19,28-30,32-35,37,50-52,57H,20-22H2,1-9H3,(H,46,56)/t28-,29+,30-,32-,33+,34+,35-,37-,43+,44-,45+/m0/s1. The zero-order valence-corrected chi connectivity index (χ0v) is 35.8. The Balaban J connectivity index is 1.51. The zero-order valence-electron chi connectivity index (χ0n) is 35.8. The summed E-state index contributed by atoms with van der Waals surface area (Å²) in [5.74, 6) is -6.06. The van der Waals surface area contributed by atoms with Crippen LogP contribution in [0.2, 0.25) is 0 Å². The van der Waals surface area contributed by atoms with Gasteiger partial charge in [-0.2, -0.15) is 0 Å². The van der Waals surface area contributed by atoms with E-state index in [1.165, 1.54) is 51.7 Å². The molecule has 4 aliphatic rings. The lowest BCUT2D eigenvalue weighted by atomic mass is 9.43. The molecule has 1 saturated heterocycles. The number of ketones is 1. The average molecular weight is 849 g/mol. The molecule has 0 spiro atoms. The SMILES string of the molecule is CC(=O)O[C@@]12CN(C(C)=O)[C@@H]1C[C@H](O)[C@@]1(C)C(=O)[C@H](O)C3=C(C)[C@@H](OC(=O)[C@H](O)[C@@H](NC(=O)OC(C)(C)C)c4ccccc4)C[C@@](O)([C@@H](OC(=O)c4ccccc4)[C@H]21)C3(C)C. The minimum Gasteiger partial charge on any atom is -0.456 e. The Bertz CT molecular complexity index is 2120. The van der Waals surface area contributed by atoms with E-state index < -0.39 is 118 Å². The Morgan fingerprint density at radius 3 is 2.07 bits per heavy atom. The van der Waals surface area contributed by atoms with Crippen molar-refractivity contribution in [3.63, 3.8) is 0 Å². The van der Waals surface area contributed by atoms with E-state index in [-0.39, 0.29) is 29.7 Å². The summed E-state index contributed by atoms with van der Waals surface area (Å²) in [5, 5.41) is 52.1. The van der Waals surface area contributed by atoms with Gasteiger partial charge in [0.05, 0.1) is 41.6 Å². The number of hydrogen-bond donors (Lipinski definition) is 5. The molecule has 0 radical (unpaired) electrons. The summed E-state index contributed by atoms with van der Waals surface area (Å²) in [6.45, 7) is 12.9. The number of nitrogens with zero attached hydrogens (tertiary/aromatic N) is 1. The van der Waals surface area contributed by atoms with E-state index in [9.17, 15) is 44.4 Å². The van der Waals surface area contributed by atoms with Crippen molar-refractivity contribution in [1.82, 2.24) is 10.2 Å². The molecular formula is C45H56N2O14. The van der Waals surface area contributed by atoms with Gasteiger partial charge in [-0.25, -0.2) is 14.4 Å². The molecule has 11 atom stereocenters. The van der Waals surface area contributed by atoms with Crippen LogP contribution in [-0.4, -0.2) is 121 Å². The number of nitrogens with one attached hydrogen (secondary N) is 1. The van der Waals surface area contributed by atoms with E-state index >= 15 is 4.79 Å². The second kappa shape index (κ2) is 15.9. The number of esters is 3. The van der Waals surface area contributed by atoms with Crippen molar-refractivity contribution < 1.29 is 68.1 Å². The molecule has 16 nitrogen and oxygen atoms in total. The number of aliphatic hydroxyl groups is 4. The highest BCUT2D eigenvalue weighted by Gasteiger charge is 2.79. The number of Topliss-reactive ketones (excluding diaryl/α,β-unsaturated/α-hetero) is 1. The number of aliphatic hydroxyl groups excluding tert-OH is 3.